The van der Waals surface area contributed by atoms with Crippen molar-refractivity contribution in [1.29, 1.82) is 0 Å². The molecule has 0 spiro atoms. The van der Waals surface area contributed by atoms with Crippen LogP contribution in [0.1, 0.15) is 0 Å². The van der Waals surface area contributed by atoms with Crippen molar-refractivity contribution in [3.63, 3.8) is 0 Å². The third-order valence-electron chi connectivity index (χ3n) is 0.566. The van der Waals surface area contributed by atoms with Crippen molar-refractivity contribution in [1.82, 2.24) is 4.98 Å². The van der Waals surface area contributed by atoms with Gasteiger partial charge in [0.25, 0.3) is 0 Å². The van der Waals surface area contributed by atoms with Gasteiger partial charge in [0.1, 0.15) is 0 Å². The predicted octanol–water partition coefficient (Wildman–Crippen LogP) is 3.18. The Morgan fingerprint density at radius 3 is 1.50 bits per heavy atom. The maximum absolute atomic E-state index is 4.88. The van der Waals surface area contributed by atoms with E-state index < -0.39 is 16.5 Å². The van der Waals surface area contributed by atoms with Crippen LogP contribution in [0.25, 0.3) is 6.15 Å². The van der Waals surface area contributed by atoms with Gasteiger partial charge in [-0.25, -0.2) is 0 Å². The summed E-state index contributed by atoms with van der Waals surface area (Å²) in [6, 6.07) is 5.72. The predicted molar refractivity (Wildman–Crippen MR) is 41.2 cm³/mol. The van der Waals surface area contributed by atoms with Crippen molar-refractivity contribution < 1.29 is 16.5 Å². The van der Waals surface area contributed by atoms with Gasteiger partial charge in [-0.3, -0.25) is 4.98 Å². The summed E-state index contributed by atoms with van der Waals surface area (Å²) in [5, 5.41) is 0. The van der Waals surface area contributed by atoms with Crippen LogP contribution in [0.3, 0.4) is 0 Å². The third-order valence-corrected chi connectivity index (χ3v) is 0.566. The molecule has 0 atom stereocenters. The molecule has 2 nitrogen and oxygen atoms in total. The van der Waals surface area contributed by atoms with Gasteiger partial charge in [0.05, 0.1) is 0 Å². The summed E-state index contributed by atoms with van der Waals surface area (Å²) < 4.78 is 0. The molecule has 0 saturated heterocycles. The van der Waals surface area contributed by atoms with Crippen LogP contribution < -0.4 is 0 Å². The molecular weight excluding hydrogens is 354 g/mol. The van der Waals surface area contributed by atoms with Gasteiger partial charge in [0.2, 0.25) is 0 Å². The Morgan fingerprint density at radius 2 is 1.40 bits per heavy atom. The molecule has 1 heterocycles. The summed E-state index contributed by atoms with van der Waals surface area (Å²) in [5.41, 5.74) is 0. The molecule has 62 valence electrons. The Morgan fingerprint density at radius 1 is 1.00 bits per heavy atom. The largest absolute Gasteiger partial charge is 0.693 e. The van der Waals surface area contributed by atoms with Crippen LogP contribution in [-0.4, -0.2) is 4.98 Å². The van der Waals surface area contributed by atoms with E-state index in [2.05, 4.69) is 4.98 Å². The summed E-state index contributed by atoms with van der Waals surface area (Å²) in [6.45, 7) is 0. The van der Waals surface area contributed by atoms with E-state index in [0.717, 1.165) is 0 Å². The van der Waals surface area contributed by atoms with E-state index in [1.54, 1.807) is 12.4 Å². The molecule has 1 aromatic heterocycles. The summed E-state index contributed by atoms with van der Waals surface area (Å²) >= 11 is -0.472. The molecule has 0 bridgehead atoms. The minimum atomic E-state index is -0.472. The minimum absolute atomic E-state index is 0. The van der Waals surface area contributed by atoms with Gasteiger partial charge < -0.3 is 6.15 Å². The zero-order valence-corrected chi connectivity index (χ0v) is 8.77. The molecule has 0 aliphatic carbocycles. The maximum Gasteiger partial charge on any atom is 0.0267 e. The van der Waals surface area contributed by atoms with Gasteiger partial charge >= 0.3 is 35.3 Å². The van der Waals surface area contributed by atoms with E-state index in [4.69, 9.17) is 18.8 Å². The first kappa shape index (κ1) is 13.0. The minimum Gasteiger partial charge on any atom is -0.693 e. The zero-order chi connectivity index (χ0) is 6.95. The van der Waals surface area contributed by atoms with Crippen molar-refractivity contribution >= 4 is 18.8 Å². The zero-order valence-electron chi connectivity index (χ0n) is 4.98. The summed E-state index contributed by atoms with van der Waals surface area (Å²) in [6.07, 6.45) is 3.50. The average Bonchev–Trinajstić information content (AvgIpc) is 1.93. The van der Waals surface area contributed by atoms with Gasteiger partial charge in [0.15, 0.2) is 0 Å². The second-order valence-electron chi connectivity index (χ2n) is 1.07. The number of hydrogen-bond acceptors (Lipinski definition) is 1. The first-order chi connectivity index (χ1) is 4.41. The normalized spacial score (nSPS) is 7.00. The fourth-order valence-corrected chi connectivity index (χ4v) is 0.313. The molecule has 0 radical (unpaired) electrons. The number of nitrogens with two attached hydrogens (primary N) is 1. The first-order valence-corrected chi connectivity index (χ1v) is 7.72. The number of hydrogen-bond donors (Lipinski definition) is 0. The third kappa shape index (κ3) is 11.2. The molecular formula is C5H7Cl2N2Pt-. The van der Waals surface area contributed by atoms with Gasteiger partial charge in [-0.2, -0.15) is 0 Å². The molecule has 10 heavy (non-hydrogen) atoms. The van der Waals surface area contributed by atoms with Crippen LogP contribution in [0.4, 0.5) is 0 Å². The fourth-order valence-electron chi connectivity index (χ4n) is 0.313. The Balaban J connectivity index is 0. The van der Waals surface area contributed by atoms with E-state index in [0.29, 0.717) is 0 Å². The van der Waals surface area contributed by atoms with E-state index in [-0.39, 0.29) is 6.15 Å². The van der Waals surface area contributed by atoms with Crippen LogP contribution in [0.5, 0.6) is 0 Å². The van der Waals surface area contributed by atoms with Gasteiger partial charge in [-0.1, -0.05) is 6.07 Å². The van der Waals surface area contributed by atoms with Gasteiger partial charge in [0, 0.05) is 12.4 Å². The molecule has 0 unspecified atom stereocenters. The van der Waals surface area contributed by atoms with E-state index in [9.17, 15) is 0 Å². The van der Waals surface area contributed by atoms with Crippen molar-refractivity contribution in [3.8, 4) is 0 Å². The molecule has 0 aromatic carbocycles. The Bertz CT molecular complexity index is 101. The van der Waals surface area contributed by atoms with Crippen molar-refractivity contribution in [3.05, 3.63) is 36.7 Å². The summed E-state index contributed by atoms with van der Waals surface area (Å²) in [5.74, 6) is 0. The van der Waals surface area contributed by atoms with Crippen LogP contribution in [-0.2, 0) is 16.5 Å². The van der Waals surface area contributed by atoms with Crippen LogP contribution >= 0.6 is 18.8 Å². The molecule has 0 saturated carbocycles. The molecule has 0 amide bonds. The topological polar surface area (TPSA) is 46.4 Å². The van der Waals surface area contributed by atoms with Crippen molar-refractivity contribution in [2.24, 2.45) is 0 Å². The van der Waals surface area contributed by atoms with Crippen molar-refractivity contribution in [2.75, 3.05) is 0 Å². The molecule has 2 N–H and O–H groups in total. The molecule has 0 aliphatic rings. The van der Waals surface area contributed by atoms with E-state index >= 15 is 0 Å². The maximum atomic E-state index is 4.88. The number of aromatic nitrogens is 1. The van der Waals surface area contributed by atoms with Crippen LogP contribution in [0.2, 0.25) is 0 Å². The number of nitrogens with zero attached hydrogens (tertiary/aromatic N) is 1. The quantitative estimate of drug-likeness (QED) is 0.700. The Kier molecular flexibility index (Phi) is 15.7. The Hall–Kier alpha value is 0.378. The van der Waals surface area contributed by atoms with Crippen LogP contribution in [0, 0.1) is 0 Å². The van der Waals surface area contributed by atoms with Crippen LogP contribution in [0.15, 0.2) is 30.6 Å². The monoisotopic (exact) mass is 360 g/mol. The SMILES string of the molecule is [Cl][Pt][Cl].[NH2-].c1ccncc1. The second-order valence-corrected chi connectivity index (χ2v) is 4.35. The molecule has 0 aliphatic heterocycles. The van der Waals surface area contributed by atoms with Gasteiger partial charge in [-0.05, 0) is 12.1 Å². The average molecular weight is 361 g/mol. The molecule has 1 rings (SSSR count). The fraction of sp³-hybridized carbons (Fsp3) is 0. The first-order valence-electron chi connectivity index (χ1n) is 2.09. The smallest absolute Gasteiger partial charge is 0.0267 e. The summed E-state index contributed by atoms with van der Waals surface area (Å²) in [4.78, 5) is 3.78. The second kappa shape index (κ2) is 12.1. The molecule has 1 aromatic rings. The number of rotatable bonds is 0. The number of pyridine rings is 1. The molecule has 5 heteroatoms. The number of halogens is 2. The van der Waals surface area contributed by atoms with E-state index in [1.807, 2.05) is 18.2 Å². The van der Waals surface area contributed by atoms with Crippen molar-refractivity contribution in [2.45, 2.75) is 0 Å². The Labute approximate surface area is 76.9 Å². The van der Waals surface area contributed by atoms with Gasteiger partial charge in [-0.15, -0.1) is 0 Å². The summed E-state index contributed by atoms with van der Waals surface area (Å²) in [7, 11) is 9.75. The molecule has 0 fully saturated rings. The van der Waals surface area contributed by atoms with E-state index in [1.165, 1.54) is 0 Å². The standard InChI is InChI=1S/C5H5N.2ClH.H2N.Pt/c1-2-4-6-5-3-1;;;;/h1-5H;2*1H;1H2;/q;;;-1;+2/p-2.